The van der Waals surface area contributed by atoms with Crippen LogP contribution in [-0.2, 0) is 0 Å². The number of aromatic nitrogens is 2. The number of aromatic amines is 2. The molecule has 0 aromatic heterocycles. The summed E-state index contributed by atoms with van der Waals surface area (Å²) in [4.78, 5) is 2.17. The molecule has 1 heterocycles. The van der Waals surface area contributed by atoms with Crippen molar-refractivity contribution in [2.24, 2.45) is 0 Å². The van der Waals surface area contributed by atoms with Gasteiger partial charge in [0.05, 0.1) is 12.3 Å². The van der Waals surface area contributed by atoms with E-state index >= 15 is 0 Å². The van der Waals surface area contributed by atoms with Gasteiger partial charge in [0, 0.05) is 28.6 Å². The third-order valence-corrected chi connectivity index (χ3v) is 4.53. The van der Waals surface area contributed by atoms with E-state index in [1.54, 1.807) is 0 Å². The standard InChI is InChI=1S/C21H24N4O/c1-25(2)12-7-13-26-19-11-6-10-16-17(19)14-18-20(16)23-24-21(18)22-15-8-4-3-5-9-15/h3-6,8-11,14,22-24H,7,12-13H2,1-2H3. The largest absolute Gasteiger partial charge is 0.493 e. The van der Waals surface area contributed by atoms with Gasteiger partial charge in [-0.05, 0) is 44.8 Å². The zero-order valence-electron chi connectivity index (χ0n) is 15.2. The van der Waals surface area contributed by atoms with Gasteiger partial charge in [-0.15, -0.1) is 0 Å². The van der Waals surface area contributed by atoms with Crippen LogP contribution in [0.3, 0.4) is 0 Å². The first-order chi connectivity index (χ1) is 12.7. The fraction of sp³-hybridized carbons (Fsp3) is 0.238. The lowest BCUT2D eigenvalue weighted by atomic mass is 10.2. The number of anilines is 2. The highest BCUT2D eigenvalue weighted by atomic mass is 16.5. The van der Waals surface area contributed by atoms with Crippen molar-refractivity contribution in [3.05, 3.63) is 54.6 Å². The van der Waals surface area contributed by atoms with Crippen LogP contribution in [0.4, 0.5) is 11.5 Å². The number of fused-ring (bicyclic) bond motifs is 3. The molecule has 1 aliphatic heterocycles. The van der Waals surface area contributed by atoms with Gasteiger partial charge in [0.15, 0.2) is 0 Å². The van der Waals surface area contributed by atoms with Crippen LogP contribution in [0.2, 0.25) is 0 Å². The van der Waals surface area contributed by atoms with E-state index in [-0.39, 0.29) is 0 Å². The highest BCUT2D eigenvalue weighted by molar-refractivity contribution is 6.06. The molecule has 0 saturated heterocycles. The van der Waals surface area contributed by atoms with Gasteiger partial charge < -0.3 is 15.0 Å². The summed E-state index contributed by atoms with van der Waals surface area (Å²) in [6.45, 7) is 1.75. The van der Waals surface area contributed by atoms with Crippen molar-refractivity contribution in [3.63, 3.8) is 0 Å². The molecule has 0 spiro atoms. The minimum Gasteiger partial charge on any atom is -0.493 e. The van der Waals surface area contributed by atoms with E-state index in [9.17, 15) is 0 Å². The molecule has 134 valence electrons. The summed E-state index contributed by atoms with van der Waals surface area (Å²) in [7, 11) is 4.16. The van der Waals surface area contributed by atoms with Crippen molar-refractivity contribution < 1.29 is 4.74 Å². The van der Waals surface area contributed by atoms with E-state index < -0.39 is 0 Å². The first-order valence-electron chi connectivity index (χ1n) is 8.94. The maximum Gasteiger partial charge on any atom is 0.132 e. The Morgan fingerprint density at radius 3 is 2.62 bits per heavy atom. The monoisotopic (exact) mass is 348 g/mol. The van der Waals surface area contributed by atoms with Crippen molar-refractivity contribution in [1.29, 1.82) is 0 Å². The van der Waals surface area contributed by atoms with Crippen molar-refractivity contribution in [2.45, 2.75) is 6.42 Å². The Hall–Kier alpha value is -2.92. The van der Waals surface area contributed by atoms with Crippen molar-refractivity contribution >= 4 is 22.3 Å². The van der Waals surface area contributed by atoms with Gasteiger partial charge in [-0.1, -0.05) is 30.3 Å². The molecular weight excluding hydrogens is 324 g/mol. The average Bonchev–Trinajstić information content (AvgIpc) is 3.20. The van der Waals surface area contributed by atoms with Crippen molar-refractivity contribution in [1.82, 2.24) is 15.1 Å². The van der Waals surface area contributed by atoms with Crippen molar-refractivity contribution in [3.8, 4) is 17.0 Å². The lowest BCUT2D eigenvalue weighted by Gasteiger charge is -2.11. The molecule has 4 rings (SSSR count). The number of nitrogens with one attached hydrogen (secondary N) is 3. The van der Waals surface area contributed by atoms with Gasteiger partial charge in [-0.3, -0.25) is 10.2 Å². The predicted octanol–water partition coefficient (Wildman–Crippen LogP) is 4.67. The molecule has 0 radical (unpaired) electrons. The topological polar surface area (TPSA) is 56.1 Å². The van der Waals surface area contributed by atoms with Crippen LogP contribution in [0.25, 0.3) is 22.0 Å². The molecule has 0 bridgehead atoms. The molecule has 0 saturated carbocycles. The minimum absolute atomic E-state index is 0.720. The molecule has 5 nitrogen and oxygen atoms in total. The smallest absolute Gasteiger partial charge is 0.132 e. The summed E-state index contributed by atoms with van der Waals surface area (Å²) in [5, 5.41) is 12.3. The number of ether oxygens (including phenoxy) is 1. The second-order valence-electron chi connectivity index (χ2n) is 6.77. The molecule has 3 N–H and O–H groups in total. The molecule has 26 heavy (non-hydrogen) atoms. The number of hydrogen-bond donors (Lipinski definition) is 3. The number of hydrogen-bond acceptors (Lipinski definition) is 3. The third-order valence-electron chi connectivity index (χ3n) is 4.53. The number of H-pyrrole nitrogens is 2. The van der Waals surface area contributed by atoms with Gasteiger partial charge in [0.1, 0.15) is 11.6 Å². The first-order valence-corrected chi connectivity index (χ1v) is 8.94. The number of nitrogens with zero attached hydrogens (tertiary/aromatic N) is 1. The van der Waals surface area contributed by atoms with Gasteiger partial charge in [-0.2, -0.15) is 0 Å². The fourth-order valence-electron chi connectivity index (χ4n) is 3.25. The van der Waals surface area contributed by atoms with E-state index in [4.69, 9.17) is 4.74 Å². The summed E-state index contributed by atoms with van der Waals surface area (Å²) in [6, 6.07) is 18.6. The molecule has 0 amide bonds. The maximum absolute atomic E-state index is 6.06. The quantitative estimate of drug-likeness (QED) is 0.425. The highest BCUT2D eigenvalue weighted by Crippen LogP contribution is 2.41. The number of benzene rings is 2. The van der Waals surface area contributed by atoms with Crippen LogP contribution in [-0.4, -0.2) is 42.3 Å². The zero-order valence-corrected chi connectivity index (χ0v) is 15.2. The molecule has 1 aliphatic carbocycles. The molecule has 0 unspecified atom stereocenters. The molecule has 0 atom stereocenters. The molecule has 0 fully saturated rings. The highest BCUT2D eigenvalue weighted by Gasteiger charge is 2.19. The number of para-hydroxylation sites is 1. The predicted molar refractivity (Wildman–Crippen MR) is 108 cm³/mol. The normalized spacial score (nSPS) is 11.5. The third kappa shape index (κ3) is 3.26. The SMILES string of the molecule is CN(C)CCCOc1cccc2c3[nH][nH]c(Nc4ccccc4)c-3cc12. The van der Waals surface area contributed by atoms with E-state index in [0.29, 0.717) is 0 Å². The van der Waals surface area contributed by atoms with E-state index in [1.165, 1.54) is 5.39 Å². The van der Waals surface area contributed by atoms with Crippen molar-refractivity contribution in [2.75, 3.05) is 32.6 Å². The fourth-order valence-corrected chi connectivity index (χ4v) is 3.25. The lowest BCUT2D eigenvalue weighted by Crippen LogP contribution is -2.15. The Labute approximate surface area is 153 Å². The summed E-state index contributed by atoms with van der Waals surface area (Å²) in [6.07, 6.45) is 1.01. The van der Waals surface area contributed by atoms with Crippen LogP contribution >= 0.6 is 0 Å². The van der Waals surface area contributed by atoms with Crippen LogP contribution in [0.15, 0.2) is 54.6 Å². The molecular formula is C21H24N4O. The summed E-state index contributed by atoms with van der Waals surface area (Å²) >= 11 is 0. The first kappa shape index (κ1) is 16.5. The van der Waals surface area contributed by atoms with E-state index in [1.807, 2.05) is 30.3 Å². The van der Waals surface area contributed by atoms with Crippen LogP contribution in [0.5, 0.6) is 5.75 Å². The Bertz CT molecular complexity index is 955. The molecule has 2 aliphatic rings. The van der Waals surface area contributed by atoms with Crippen LogP contribution in [0.1, 0.15) is 6.42 Å². The summed E-state index contributed by atoms with van der Waals surface area (Å²) in [5.74, 6) is 1.90. The van der Waals surface area contributed by atoms with E-state index in [2.05, 4.69) is 58.8 Å². The van der Waals surface area contributed by atoms with Gasteiger partial charge >= 0.3 is 0 Å². The molecule has 2 aromatic rings. The maximum atomic E-state index is 6.06. The van der Waals surface area contributed by atoms with E-state index in [0.717, 1.165) is 53.5 Å². The summed E-state index contributed by atoms with van der Waals surface area (Å²) < 4.78 is 6.06. The zero-order chi connectivity index (χ0) is 17.9. The molecule has 5 heteroatoms. The Morgan fingerprint density at radius 1 is 0.962 bits per heavy atom. The van der Waals surface area contributed by atoms with Gasteiger partial charge in [0.2, 0.25) is 0 Å². The van der Waals surface area contributed by atoms with Crippen LogP contribution < -0.4 is 10.1 Å². The minimum atomic E-state index is 0.720. The average molecular weight is 348 g/mol. The molecule has 2 aromatic carbocycles. The lowest BCUT2D eigenvalue weighted by molar-refractivity contribution is 0.284. The van der Waals surface area contributed by atoms with Gasteiger partial charge in [0.25, 0.3) is 0 Å². The van der Waals surface area contributed by atoms with Crippen LogP contribution in [0, 0.1) is 0 Å². The Kier molecular flexibility index (Phi) is 4.54. The van der Waals surface area contributed by atoms with Gasteiger partial charge in [-0.25, -0.2) is 0 Å². The number of rotatable bonds is 7. The second kappa shape index (κ2) is 7.14. The Balaban J connectivity index is 1.60. The second-order valence-corrected chi connectivity index (χ2v) is 6.77. The Morgan fingerprint density at radius 2 is 1.81 bits per heavy atom. The summed E-state index contributed by atoms with van der Waals surface area (Å²) in [5.41, 5.74) is 3.28.